The average molecular weight is 342 g/mol. The summed E-state index contributed by atoms with van der Waals surface area (Å²) >= 11 is 0. The van der Waals surface area contributed by atoms with Crippen LogP contribution in [0.1, 0.15) is 37.7 Å². The molecule has 1 N–H and O–H groups in total. The lowest BCUT2D eigenvalue weighted by Crippen LogP contribution is -2.38. The van der Waals surface area contributed by atoms with Crippen molar-refractivity contribution in [2.24, 2.45) is 0 Å². The molecule has 1 aliphatic heterocycles. The number of benzene rings is 1. The molecule has 0 amide bonds. The smallest absolute Gasteiger partial charge is 0.169 e. The number of ether oxygens (including phenoxy) is 3. The summed E-state index contributed by atoms with van der Waals surface area (Å²) in [5, 5.41) is 10.6. The zero-order valence-corrected chi connectivity index (χ0v) is 14.5. The molecule has 0 bridgehead atoms. The molecule has 25 heavy (non-hydrogen) atoms. The second-order valence-corrected chi connectivity index (χ2v) is 6.69. The van der Waals surface area contributed by atoms with E-state index in [1.807, 2.05) is 30.3 Å². The summed E-state index contributed by atoms with van der Waals surface area (Å²) in [5.74, 6) is -0.576. The van der Waals surface area contributed by atoms with E-state index in [9.17, 15) is 5.11 Å². The molecule has 3 rings (SSSR count). The molecule has 1 saturated heterocycles. The van der Waals surface area contributed by atoms with Gasteiger partial charge in [0.25, 0.3) is 0 Å². The van der Waals surface area contributed by atoms with Crippen LogP contribution in [0, 0.1) is 0 Å². The van der Waals surface area contributed by atoms with E-state index in [1.165, 1.54) is 6.42 Å². The van der Waals surface area contributed by atoms with Crippen LogP contribution in [0.25, 0.3) is 0 Å². The maximum absolute atomic E-state index is 10.6. The molecule has 0 unspecified atom stereocenters. The fourth-order valence-corrected chi connectivity index (χ4v) is 3.52. The van der Waals surface area contributed by atoms with Gasteiger partial charge in [-0.3, -0.25) is 0 Å². The van der Waals surface area contributed by atoms with Gasteiger partial charge in [0.15, 0.2) is 5.79 Å². The predicted octanol–water partition coefficient (Wildman–Crippen LogP) is 3.50. The molecule has 3 atom stereocenters. The Balaban J connectivity index is 1.60. The van der Waals surface area contributed by atoms with Crippen molar-refractivity contribution in [3.05, 3.63) is 60.0 Å². The van der Waals surface area contributed by atoms with Crippen LogP contribution in [0.3, 0.4) is 0 Å². The highest BCUT2D eigenvalue weighted by molar-refractivity contribution is 5.13. The van der Waals surface area contributed by atoms with E-state index in [0.29, 0.717) is 6.61 Å². The van der Waals surface area contributed by atoms with Gasteiger partial charge in [-0.15, -0.1) is 0 Å². The number of aliphatic hydroxyl groups is 1. The number of rotatable bonds is 6. The van der Waals surface area contributed by atoms with Gasteiger partial charge in [0.05, 0.1) is 13.2 Å². The molecule has 1 aliphatic carbocycles. The molecule has 0 aromatic heterocycles. The zero-order chi connectivity index (χ0) is 17.5. The second kappa shape index (κ2) is 8.64. The van der Waals surface area contributed by atoms with E-state index >= 15 is 0 Å². The standard InChI is InChI=1S/C21H26O4/c1-2-3-12-19-20(25-21(24-19)13-8-5-9-14-21)18(22)16-23-15-17-10-6-4-7-11-17/h4,6-7,10-12,18-20,22H,1,5,8-9,13-16H2/t18-,19-,20+/m0/s1. The van der Waals surface area contributed by atoms with E-state index in [2.05, 4.69) is 18.0 Å². The highest BCUT2D eigenvalue weighted by Crippen LogP contribution is 2.41. The van der Waals surface area contributed by atoms with Crippen LogP contribution in [-0.4, -0.2) is 35.8 Å². The molecule has 1 heterocycles. The van der Waals surface area contributed by atoms with Gasteiger partial charge < -0.3 is 19.3 Å². The maximum atomic E-state index is 10.6. The highest BCUT2D eigenvalue weighted by Gasteiger charge is 2.49. The second-order valence-electron chi connectivity index (χ2n) is 6.69. The van der Waals surface area contributed by atoms with E-state index in [0.717, 1.165) is 31.2 Å². The lowest BCUT2D eigenvalue weighted by atomic mass is 9.94. The van der Waals surface area contributed by atoms with Crippen molar-refractivity contribution in [1.29, 1.82) is 0 Å². The van der Waals surface area contributed by atoms with Gasteiger partial charge in [-0.25, -0.2) is 0 Å². The molecule has 0 radical (unpaired) electrons. The minimum atomic E-state index is -0.766. The maximum Gasteiger partial charge on any atom is 0.169 e. The third-order valence-electron chi connectivity index (χ3n) is 4.77. The van der Waals surface area contributed by atoms with Crippen molar-refractivity contribution in [3.8, 4) is 0 Å². The molecule has 1 aromatic carbocycles. The minimum absolute atomic E-state index is 0.196. The van der Waals surface area contributed by atoms with Crippen LogP contribution in [0.4, 0.5) is 0 Å². The Morgan fingerprint density at radius 1 is 1.24 bits per heavy atom. The average Bonchev–Trinajstić information content (AvgIpc) is 2.99. The quantitative estimate of drug-likeness (QED) is 0.804. The highest BCUT2D eigenvalue weighted by atomic mass is 16.8. The fraction of sp³-hybridized carbons (Fsp3) is 0.524. The fourth-order valence-electron chi connectivity index (χ4n) is 3.52. The Morgan fingerprint density at radius 2 is 2.00 bits per heavy atom. The summed E-state index contributed by atoms with van der Waals surface area (Å²) < 4.78 is 18.0. The summed E-state index contributed by atoms with van der Waals surface area (Å²) in [5.41, 5.74) is 6.52. The molecule has 4 heteroatoms. The van der Waals surface area contributed by atoms with Gasteiger partial charge in [0.2, 0.25) is 0 Å². The van der Waals surface area contributed by atoms with Crippen LogP contribution in [0.2, 0.25) is 0 Å². The normalized spacial score (nSPS) is 26.0. The zero-order valence-electron chi connectivity index (χ0n) is 14.5. The molecule has 134 valence electrons. The summed E-state index contributed by atoms with van der Waals surface area (Å²) in [4.78, 5) is 0. The third kappa shape index (κ3) is 4.71. The first-order valence-corrected chi connectivity index (χ1v) is 8.99. The molecule has 1 spiro atoms. The molecular formula is C21H26O4. The molecule has 2 aliphatic rings. The number of hydrogen-bond acceptors (Lipinski definition) is 4. The van der Waals surface area contributed by atoms with Crippen molar-refractivity contribution < 1.29 is 19.3 Å². The minimum Gasteiger partial charge on any atom is -0.388 e. The van der Waals surface area contributed by atoms with Crippen LogP contribution in [0.5, 0.6) is 0 Å². The summed E-state index contributed by atoms with van der Waals surface area (Å²) in [7, 11) is 0. The van der Waals surface area contributed by atoms with Crippen molar-refractivity contribution in [3.63, 3.8) is 0 Å². The van der Waals surface area contributed by atoms with Gasteiger partial charge in [-0.05, 0) is 31.1 Å². The third-order valence-corrected chi connectivity index (χ3v) is 4.77. The Bertz CT molecular complexity index is 623. The first-order valence-electron chi connectivity index (χ1n) is 8.99. The molecule has 2 fully saturated rings. The van der Waals surface area contributed by atoms with Gasteiger partial charge in [-0.2, -0.15) is 0 Å². The van der Waals surface area contributed by atoms with E-state index < -0.39 is 18.0 Å². The first-order chi connectivity index (χ1) is 12.2. The van der Waals surface area contributed by atoms with Crippen molar-refractivity contribution in [2.45, 2.75) is 62.8 Å². The van der Waals surface area contributed by atoms with Gasteiger partial charge in [0.1, 0.15) is 18.3 Å². The lowest BCUT2D eigenvalue weighted by molar-refractivity contribution is -0.200. The number of aliphatic hydroxyl groups excluding tert-OH is 1. The van der Waals surface area contributed by atoms with E-state index in [-0.39, 0.29) is 12.7 Å². The summed E-state index contributed by atoms with van der Waals surface area (Å²) in [6, 6.07) is 9.91. The molecule has 1 saturated carbocycles. The van der Waals surface area contributed by atoms with Crippen LogP contribution >= 0.6 is 0 Å². The monoisotopic (exact) mass is 342 g/mol. The van der Waals surface area contributed by atoms with Crippen molar-refractivity contribution in [1.82, 2.24) is 0 Å². The lowest BCUT2D eigenvalue weighted by Gasteiger charge is -2.32. The Morgan fingerprint density at radius 3 is 2.72 bits per heavy atom. The topological polar surface area (TPSA) is 47.9 Å². The molecular weight excluding hydrogens is 316 g/mol. The van der Waals surface area contributed by atoms with Gasteiger partial charge >= 0.3 is 0 Å². The number of hydrogen-bond donors (Lipinski definition) is 1. The van der Waals surface area contributed by atoms with E-state index in [4.69, 9.17) is 14.2 Å². The summed E-state index contributed by atoms with van der Waals surface area (Å²) in [6.07, 6.45) is 5.25. The van der Waals surface area contributed by atoms with E-state index in [1.54, 1.807) is 6.08 Å². The van der Waals surface area contributed by atoms with Crippen molar-refractivity contribution >= 4 is 0 Å². The largest absolute Gasteiger partial charge is 0.388 e. The van der Waals surface area contributed by atoms with Crippen LogP contribution in [0.15, 0.2) is 54.4 Å². The Hall–Kier alpha value is -1.64. The Labute approximate surface area is 149 Å². The van der Waals surface area contributed by atoms with Crippen molar-refractivity contribution in [2.75, 3.05) is 6.61 Å². The van der Waals surface area contributed by atoms with Crippen LogP contribution < -0.4 is 0 Å². The predicted molar refractivity (Wildman–Crippen MR) is 94.9 cm³/mol. The SMILES string of the molecule is C=C=C=C[C@@H]1OC2(CCCCC2)O[C@@H]1[C@@H](O)COCc1ccccc1. The van der Waals surface area contributed by atoms with Gasteiger partial charge in [0, 0.05) is 12.8 Å². The first kappa shape index (κ1) is 18.2. The Kier molecular flexibility index (Phi) is 6.28. The van der Waals surface area contributed by atoms with Crippen LogP contribution in [-0.2, 0) is 20.8 Å². The summed E-state index contributed by atoms with van der Waals surface area (Å²) in [6.45, 7) is 4.19. The molecule has 4 nitrogen and oxygen atoms in total. The van der Waals surface area contributed by atoms with Gasteiger partial charge in [-0.1, -0.05) is 48.2 Å². The molecule has 1 aromatic rings.